The van der Waals surface area contributed by atoms with Gasteiger partial charge in [-0.3, -0.25) is 14.4 Å². The molecule has 11 nitrogen and oxygen atoms in total. The number of carbonyl (C=O) groups is 3. The highest BCUT2D eigenvalue weighted by atomic mass is 16.5. The van der Waals surface area contributed by atoms with E-state index in [2.05, 4.69) is 10.3 Å². The van der Waals surface area contributed by atoms with E-state index in [0.717, 1.165) is 11.1 Å². The summed E-state index contributed by atoms with van der Waals surface area (Å²) in [5.74, 6) is -2.73. The second kappa shape index (κ2) is 12.0. The summed E-state index contributed by atoms with van der Waals surface area (Å²) in [5.41, 5.74) is -0.00902. The Morgan fingerprint density at radius 2 is 1.64 bits per heavy atom. The summed E-state index contributed by atoms with van der Waals surface area (Å²) in [5, 5.41) is 19.3. The van der Waals surface area contributed by atoms with Crippen molar-refractivity contribution in [2.75, 3.05) is 19.7 Å². The van der Waals surface area contributed by atoms with Crippen LogP contribution in [0.15, 0.2) is 78.9 Å². The number of hydrogen-bond donors (Lipinski definition) is 1. The minimum atomic E-state index is -1.41. The van der Waals surface area contributed by atoms with Crippen molar-refractivity contribution in [3.8, 4) is 0 Å². The van der Waals surface area contributed by atoms with Crippen molar-refractivity contribution < 1.29 is 24.2 Å². The van der Waals surface area contributed by atoms with Gasteiger partial charge in [0.05, 0.1) is 35.6 Å². The van der Waals surface area contributed by atoms with Gasteiger partial charge in [0.15, 0.2) is 0 Å². The van der Waals surface area contributed by atoms with Crippen LogP contribution in [0.5, 0.6) is 0 Å². The first-order chi connectivity index (χ1) is 22.8. The predicted molar refractivity (Wildman–Crippen MR) is 174 cm³/mol. The van der Waals surface area contributed by atoms with Crippen molar-refractivity contribution in [3.63, 3.8) is 0 Å². The van der Waals surface area contributed by atoms with E-state index in [1.165, 1.54) is 0 Å². The van der Waals surface area contributed by atoms with Gasteiger partial charge in [0.1, 0.15) is 23.8 Å². The number of nitrogens with zero attached hydrogens (tertiary/aromatic N) is 6. The Morgan fingerprint density at radius 1 is 0.915 bits per heavy atom. The first-order valence-electron chi connectivity index (χ1n) is 16.7. The van der Waals surface area contributed by atoms with Gasteiger partial charge in [0.2, 0.25) is 11.8 Å². The number of hydrogen-bond acceptors (Lipinski definition) is 7. The van der Waals surface area contributed by atoms with Crippen molar-refractivity contribution in [1.29, 1.82) is 0 Å². The van der Waals surface area contributed by atoms with Gasteiger partial charge >= 0.3 is 0 Å². The topological polar surface area (TPSA) is 121 Å². The maximum Gasteiger partial charge on any atom is 0.250 e. The molecule has 3 aromatic rings. The molecule has 4 aliphatic rings. The summed E-state index contributed by atoms with van der Waals surface area (Å²) < 4.78 is 8.81. The second-order valence-electron chi connectivity index (χ2n) is 13.3. The van der Waals surface area contributed by atoms with Crippen molar-refractivity contribution in [3.05, 3.63) is 84.5 Å². The van der Waals surface area contributed by atoms with Gasteiger partial charge in [0.25, 0.3) is 5.91 Å². The van der Waals surface area contributed by atoms with Crippen LogP contribution in [0.4, 0.5) is 0 Å². The summed E-state index contributed by atoms with van der Waals surface area (Å²) in [7, 11) is 0. The molecule has 1 N–H and O–H groups in total. The zero-order valence-corrected chi connectivity index (χ0v) is 27.1. The van der Waals surface area contributed by atoms with Crippen LogP contribution in [0, 0.1) is 17.8 Å². The van der Waals surface area contributed by atoms with Crippen LogP contribution in [0.25, 0.3) is 11.0 Å². The zero-order chi connectivity index (χ0) is 32.9. The third-order valence-electron chi connectivity index (χ3n) is 10.8. The lowest BCUT2D eigenvalue weighted by atomic mass is 9.73. The Kier molecular flexibility index (Phi) is 8.00. The number of aliphatic hydroxyl groups is 1. The molecule has 2 fully saturated rings. The second-order valence-corrected chi connectivity index (χ2v) is 13.3. The zero-order valence-electron chi connectivity index (χ0n) is 27.1. The van der Waals surface area contributed by atoms with E-state index in [1.54, 1.807) is 19.4 Å². The molecular formula is C36H42N6O5. The molecule has 0 aliphatic carbocycles. The molecule has 1 aromatic heterocycles. The van der Waals surface area contributed by atoms with Crippen LogP contribution in [-0.4, -0.2) is 95.5 Å². The lowest BCUT2D eigenvalue weighted by molar-refractivity contribution is -0.159. The van der Waals surface area contributed by atoms with Crippen molar-refractivity contribution in [2.45, 2.75) is 70.1 Å². The van der Waals surface area contributed by atoms with Crippen molar-refractivity contribution in [1.82, 2.24) is 29.7 Å². The van der Waals surface area contributed by atoms with Gasteiger partial charge in [-0.2, -0.15) is 0 Å². The maximum atomic E-state index is 15.0. The van der Waals surface area contributed by atoms with E-state index in [4.69, 9.17) is 4.74 Å². The summed E-state index contributed by atoms with van der Waals surface area (Å²) in [4.78, 5) is 49.6. The number of fused-ring (bicyclic) bond motifs is 3. The third kappa shape index (κ3) is 4.81. The number of para-hydroxylation sites is 1. The SMILES string of the molecule is CC[C@H](C)[C@H](CO)N1C(=O)[C@@H]2[C@H]3C(=O)N(Cc4ccccc4)CC=C[C@@]3(CC)O[C@@]23C=CCN(Cn2nnc4ccccc42)C(=O)C13. The summed E-state index contributed by atoms with van der Waals surface area (Å²) in [6.45, 7) is 6.77. The Balaban J connectivity index is 1.33. The summed E-state index contributed by atoms with van der Waals surface area (Å²) >= 11 is 0. The van der Waals surface area contributed by atoms with Gasteiger partial charge in [0, 0.05) is 19.6 Å². The van der Waals surface area contributed by atoms with Crippen molar-refractivity contribution >= 4 is 28.8 Å². The van der Waals surface area contributed by atoms with Crippen LogP contribution in [0.3, 0.4) is 0 Å². The smallest absolute Gasteiger partial charge is 0.250 e. The fourth-order valence-electron chi connectivity index (χ4n) is 8.22. The molecule has 7 atom stereocenters. The maximum absolute atomic E-state index is 15.0. The molecule has 47 heavy (non-hydrogen) atoms. The number of likely N-dealkylation sites (tertiary alicyclic amines) is 1. The highest BCUT2D eigenvalue weighted by Crippen LogP contribution is 2.59. The molecule has 2 saturated heterocycles. The van der Waals surface area contributed by atoms with E-state index >= 15 is 0 Å². The molecule has 1 spiro atoms. The van der Waals surface area contributed by atoms with Gasteiger partial charge < -0.3 is 24.5 Å². The van der Waals surface area contributed by atoms with Crippen LogP contribution in [-0.2, 0) is 32.3 Å². The van der Waals surface area contributed by atoms with Crippen LogP contribution in [0.1, 0.15) is 39.2 Å². The molecule has 2 aromatic carbocycles. The number of carbonyl (C=O) groups excluding carboxylic acids is 3. The van der Waals surface area contributed by atoms with E-state index in [1.807, 2.05) is 99.7 Å². The van der Waals surface area contributed by atoms with Crippen LogP contribution < -0.4 is 0 Å². The largest absolute Gasteiger partial charge is 0.394 e. The molecular weight excluding hydrogens is 596 g/mol. The standard InChI is InChI=1S/C36H42N6O5/c1-4-24(3)28(22-43)42-31-34(46)40(23-41-27-16-10-9-15-26(27)37-38-41)20-12-18-36(31)30(33(42)45)29-32(44)39(21-25-13-7-6-8-14-25)19-11-17-35(29,5-2)47-36/h6-18,24,28-31,43H,4-5,19-23H2,1-3H3/t24-,28-,29-,30-,31?,35+,36-/m0/s1. The third-order valence-corrected chi connectivity index (χ3v) is 10.8. The molecule has 246 valence electrons. The predicted octanol–water partition coefficient (Wildman–Crippen LogP) is 3.15. The minimum absolute atomic E-state index is 0.109. The Morgan fingerprint density at radius 3 is 2.38 bits per heavy atom. The summed E-state index contributed by atoms with van der Waals surface area (Å²) in [6, 6.07) is 15.6. The van der Waals surface area contributed by atoms with E-state index in [-0.39, 0.29) is 43.5 Å². The van der Waals surface area contributed by atoms with Gasteiger partial charge in [-0.1, -0.05) is 99.2 Å². The van der Waals surface area contributed by atoms with Gasteiger partial charge in [-0.15, -0.1) is 5.10 Å². The highest BCUT2D eigenvalue weighted by molar-refractivity contribution is 6.00. The molecule has 7 rings (SSSR count). The number of ether oxygens (including phenoxy) is 1. The van der Waals surface area contributed by atoms with Crippen LogP contribution >= 0.6 is 0 Å². The van der Waals surface area contributed by atoms with Crippen LogP contribution in [0.2, 0.25) is 0 Å². The normalized spacial score (nSPS) is 29.9. The Bertz CT molecular complexity index is 1740. The monoisotopic (exact) mass is 638 g/mol. The Hall–Kier alpha value is -4.35. The fraction of sp³-hybridized carbons (Fsp3) is 0.472. The lowest BCUT2D eigenvalue weighted by Crippen LogP contribution is -2.60. The quantitative estimate of drug-likeness (QED) is 0.358. The molecule has 0 radical (unpaired) electrons. The molecule has 4 aliphatic heterocycles. The molecule has 3 amide bonds. The molecule has 11 heteroatoms. The average Bonchev–Trinajstić information content (AvgIpc) is 3.64. The number of aromatic nitrogens is 3. The molecule has 0 saturated carbocycles. The fourth-order valence-corrected chi connectivity index (χ4v) is 8.22. The van der Waals surface area contributed by atoms with E-state index in [9.17, 15) is 19.5 Å². The van der Waals surface area contributed by atoms with Crippen molar-refractivity contribution in [2.24, 2.45) is 17.8 Å². The summed E-state index contributed by atoms with van der Waals surface area (Å²) in [6.07, 6.45) is 8.78. The average molecular weight is 639 g/mol. The number of rotatable bonds is 9. The minimum Gasteiger partial charge on any atom is -0.394 e. The van der Waals surface area contributed by atoms with E-state index in [0.29, 0.717) is 31.4 Å². The van der Waals surface area contributed by atoms with Gasteiger partial charge in [-0.25, -0.2) is 4.68 Å². The first kappa shape index (κ1) is 31.3. The van der Waals surface area contributed by atoms with E-state index < -0.39 is 35.1 Å². The molecule has 0 bridgehead atoms. The molecule has 1 unspecified atom stereocenters. The number of aliphatic hydroxyl groups excluding tert-OH is 1. The van der Waals surface area contributed by atoms with Gasteiger partial charge in [-0.05, 0) is 30.0 Å². The lowest BCUT2D eigenvalue weighted by Gasteiger charge is -2.42. The molecule has 5 heterocycles. The number of amides is 3. The Labute approximate surface area is 274 Å². The number of benzene rings is 2. The highest BCUT2D eigenvalue weighted by Gasteiger charge is 2.76. The first-order valence-corrected chi connectivity index (χ1v) is 16.7.